The van der Waals surface area contributed by atoms with Gasteiger partial charge in [-0.25, -0.2) is 9.78 Å². The minimum absolute atomic E-state index is 0.153. The monoisotopic (exact) mass is 483 g/mol. The van der Waals surface area contributed by atoms with Crippen molar-refractivity contribution in [3.8, 4) is 11.3 Å². The van der Waals surface area contributed by atoms with Gasteiger partial charge in [-0.05, 0) is 43.3 Å². The first-order valence-corrected chi connectivity index (χ1v) is 10.4. The third-order valence-corrected chi connectivity index (χ3v) is 5.66. The number of carbonyl (C=O) groups is 2. The van der Waals surface area contributed by atoms with Gasteiger partial charge in [-0.1, -0.05) is 28.1 Å². The Labute approximate surface area is 183 Å². The van der Waals surface area contributed by atoms with Crippen molar-refractivity contribution < 1.29 is 14.7 Å². The highest BCUT2D eigenvalue weighted by Gasteiger charge is 2.36. The number of nitrogens with zero attached hydrogens (tertiary/aromatic N) is 5. The first kappa shape index (κ1) is 20.0. The molecule has 0 radical (unpaired) electrons. The second kappa shape index (κ2) is 8.25. The summed E-state index contributed by atoms with van der Waals surface area (Å²) in [4.78, 5) is 28.3. The van der Waals surface area contributed by atoms with Crippen molar-refractivity contribution in [3.05, 3.63) is 63.9 Å². The molecule has 0 saturated carbocycles. The Morgan fingerprint density at radius 3 is 2.53 bits per heavy atom. The summed E-state index contributed by atoms with van der Waals surface area (Å²) in [5, 5.41) is 25.0. The van der Waals surface area contributed by atoms with Crippen LogP contribution in [-0.2, 0) is 4.79 Å². The van der Waals surface area contributed by atoms with E-state index in [1.54, 1.807) is 6.92 Å². The van der Waals surface area contributed by atoms with Crippen molar-refractivity contribution >= 4 is 55.7 Å². The van der Waals surface area contributed by atoms with Crippen molar-refractivity contribution in [1.29, 1.82) is 0 Å². The lowest BCUT2D eigenvalue weighted by Crippen LogP contribution is -2.29. The average molecular weight is 484 g/mol. The number of carboxylic acids is 1. The van der Waals surface area contributed by atoms with Gasteiger partial charge in [-0.3, -0.25) is 4.79 Å². The van der Waals surface area contributed by atoms with Gasteiger partial charge in [0, 0.05) is 15.4 Å². The average Bonchev–Trinajstić information content (AvgIpc) is 3.32. The highest BCUT2D eigenvalue weighted by atomic mass is 79.9. The lowest BCUT2D eigenvalue weighted by Gasteiger charge is -2.08. The number of rotatable bonds is 5. The molecule has 0 fully saturated rings. The van der Waals surface area contributed by atoms with Crippen molar-refractivity contribution in [2.75, 3.05) is 5.01 Å². The zero-order valence-corrected chi connectivity index (χ0v) is 18.0. The number of azo groups is 1. The van der Waals surface area contributed by atoms with E-state index in [2.05, 4.69) is 36.2 Å². The third kappa shape index (κ3) is 4.05. The van der Waals surface area contributed by atoms with Gasteiger partial charge in [-0.2, -0.15) is 20.3 Å². The molecule has 8 nitrogen and oxygen atoms in total. The number of benzene rings is 2. The van der Waals surface area contributed by atoms with Gasteiger partial charge >= 0.3 is 5.97 Å². The van der Waals surface area contributed by atoms with E-state index in [0.717, 1.165) is 15.7 Å². The molecular formula is C20H14BrN5O3S. The van der Waals surface area contributed by atoms with E-state index in [-0.39, 0.29) is 11.5 Å². The summed E-state index contributed by atoms with van der Waals surface area (Å²) >= 11 is 4.73. The van der Waals surface area contributed by atoms with Crippen LogP contribution >= 0.6 is 27.3 Å². The first-order valence-electron chi connectivity index (χ1n) is 8.77. The zero-order chi connectivity index (χ0) is 21.3. The van der Waals surface area contributed by atoms with Crippen molar-refractivity contribution in [3.63, 3.8) is 0 Å². The number of carbonyl (C=O) groups excluding carboxylic acids is 1. The molecule has 10 heteroatoms. The summed E-state index contributed by atoms with van der Waals surface area (Å²) in [5.74, 6) is -1.36. The number of hydrazone groups is 1. The van der Waals surface area contributed by atoms with E-state index in [1.165, 1.54) is 40.6 Å². The molecule has 30 heavy (non-hydrogen) atoms. The normalized spacial score (nSPS) is 16.3. The zero-order valence-electron chi connectivity index (χ0n) is 15.6. The fourth-order valence-electron chi connectivity index (χ4n) is 2.74. The van der Waals surface area contributed by atoms with E-state index >= 15 is 0 Å². The van der Waals surface area contributed by atoms with Gasteiger partial charge in [0.25, 0.3) is 5.91 Å². The number of aromatic carboxylic acids is 1. The van der Waals surface area contributed by atoms with E-state index in [0.29, 0.717) is 16.5 Å². The van der Waals surface area contributed by atoms with Crippen LogP contribution in [0.15, 0.2) is 73.7 Å². The minimum Gasteiger partial charge on any atom is -0.478 e. The fourth-order valence-corrected chi connectivity index (χ4v) is 3.79. The van der Waals surface area contributed by atoms with E-state index in [4.69, 9.17) is 5.11 Å². The summed E-state index contributed by atoms with van der Waals surface area (Å²) < 4.78 is 0.974. The Bertz CT molecular complexity index is 1170. The first-order chi connectivity index (χ1) is 14.4. The van der Waals surface area contributed by atoms with Crippen LogP contribution in [0.25, 0.3) is 11.3 Å². The Kier molecular flexibility index (Phi) is 5.51. The predicted octanol–water partition coefficient (Wildman–Crippen LogP) is 5.15. The van der Waals surface area contributed by atoms with Crippen LogP contribution in [0.5, 0.6) is 0 Å². The molecule has 0 bridgehead atoms. The molecule has 150 valence electrons. The number of aromatic nitrogens is 1. The summed E-state index contributed by atoms with van der Waals surface area (Å²) in [5.41, 5.74) is 2.80. The van der Waals surface area contributed by atoms with Gasteiger partial charge in [0.1, 0.15) is 0 Å². The number of thiazole rings is 1. The Hall–Kier alpha value is -3.24. The van der Waals surface area contributed by atoms with Crippen molar-refractivity contribution in [1.82, 2.24) is 4.98 Å². The number of amides is 1. The molecule has 1 N–H and O–H groups in total. The van der Waals surface area contributed by atoms with E-state index in [9.17, 15) is 9.59 Å². The summed E-state index contributed by atoms with van der Waals surface area (Å²) in [6.45, 7) is 1.71. The molecule has 2 aromatic carbocycles. The molecule has 1 aliphatic rings. The van der Waals surface area contributed by atoms with Crippen LogP contribution in [0.1, 0.15) is 17.3 Å². The maximum Gasteiger partial charge on any atom is 0.335 e. The highest BCUT2D eigenvalue weighted by Crippen LogP contribution is 2.31. The van der Waals surface area contributed by atoms with Crippen LogP contribution in [0.4, 0.5) is 10.8 Å². The van der Waals surface area contributed by atoms with Crippen LogP contribution in [0, 0.1) is 0 Å². The Morgan fingerprint density at radius 1 is 1.17 bits per heavy atom. The lowest BCUT2D eigenvalue weighted by molar-refractivity contribution is -0.117. The molecule has 2 heterocycles. The van der Waals surface area contributed by atoms with Gasteiger partial charge in [-0.15, -0.1) is 11.3 Å². The number of anilines is 1. The molecule has 0 spiro atoms. The number of halogens is 1. The molecule has 1 aromatic heterocycles. The molecule has 1 aliphatic heterocycles. The van der Waals surface area contributed by atoms with Crippen LogP contribution < -0.4 is 5.01 Å². The number of carboxylic acid groups (broad SMARTS) is 1. The summed E-state index contributed by atoms with van der Waals surface area (Å²) in [6, 6.07) is 12.8. The number of hydrogen-bond donors (Lipinski definition) is 1. The van der Waals surface area contributed by atoms with Gasteiger partial charge in [0.2, 0.25) is 5.13 Å². The second-order valence-electron chi connectivity index (χ2n) is 6.38. The number of hydrogen-bond acceptors (Lipinski definition) is 7. The minimum atomic E-state index is -1.02. The second-order valence-corrected chi connectivity index (χ2v) is 8.14. The van der Waals surface area contributed by atoms with E-state index < -0.39 is 12.0 Å². The topological polar surface area (TPSA) is 108 Å². The fraction of sp³-hybridized carbons (Fsp3) is 0.100. The van der Waals surface area contributed by atoms with Gasteiger partial charge < -0.3 is 5.11 Å². The molecule has 0 unspecified atom stereocenters. The molecule has 1 amide bonds. The predicted molar refractivity (Wildman–Crippen MR) is 118 cm³/mol. The Morgan fingerprint density at radius 2 is 1.87 bits per heavy atom. The highest BCUT2D eigenvalue weighted by molar-refractivity contribution is 9.10. The largest absolute Gasteiger partial charge is 0.478 e. The van der Waals surface area contributed by atoms with Crippen LogP contribution in [0.2, 0.25) is 0 Å². The molecule has 4 rings (SSSR count). The van der Waals surface area contributed by atoms with Crippen LogP contribution in [0.3, 0.4) is 0 Å². The molecule has 0 saturated heterocycles. The summed E-state index contributed by atoms with van der Waals surface area (Å²) in [6.07, 6.45) is 0. The third-order valence-electron chi connectivity index (χ3n) is 4.31. The smallest absolute Gasteiger partial charge is 0.335 e. The standard InChI is InChI=1S/C20H14BrN5O3S/c1-11-17(24-23-15-8-4-13(5-9-15)19(28)29)18(27)26(25-11)20-22-16(10-30-20)12-2-6-14(21)7-3-12/h2-10,17H,1H3,(H,28,29)/t17-/m1/s1. The molecule has 3 aromatic rings. The maximum atomic E-state index is 12.8. The van der Waals surface area contributed by atoms with Crippen molar-refractivity contribution in [2.45, 2.75) is 13.0 Å². The lowest BCUT2D eigenvalue weighted by atomic mass is 10.2. The SMILES string of the molecule is CC1=NN(c2nc(-c3ccc(Br)cc3)cs2)C(=O)[C@@H]1N=Nc1ccc(C(=O)O)cc1. The van der Waals surface area contributed by atoms with Gasteiger partial charge in [0.05, 0.1) is 22.7 Å². The molecule has 1 atom stereocenters. The molecule has 0 aliphatic carbocycles. The molecular weight excluding hydrogens is 470 g/mol. The Balaban J connectivity index is 1.51. The maximum absolute atomic E-state index is 12.8. The summed E-state index contributed by atoms with van der Waals surface area (Å²) in [7, 11) is 0. The van der Waals surface area contributed by atoms with Crippen LogP contribution in [-0.4, -0.2) is 33.7 Å². The quantitative estimate of drug-likeness (QED) is 0.506. The van der Waals surface area contributed by atoms with E-state index in [1.807, 2.05) is 29.6 Å². The van der Waals surface area contributed by atoms with Gasteiger partial charge in [0.15, 0.2) is 6.04 Å². The van der Waals surface area contributed by atoms with Crippen molar-refractivity contribution in [2.24, 2.45) is 15.3 Å².